The second-order valence-corrected chi connectivity index (χ2v) is 8.22. The van der Waals surface area contributed by atoms with Crippen LogP contribution in [0, 0.1) is 5.82 Å². The normalized spacial score (nSPS) is 12.4. The van der Waals surface area contributed by atoms with Crippen LogP contribution < -0.4 is 9.47 Å². The third kappa shape index (κ3) is 5.96. The summed E-state index contributed by atoms with van der Waals surface area (Å²) in [6, 6.07) is 7.68. The lowest BCUT2D eigenvalue weighted by Gasteiger charge is -2.21. The molecule has 4 heteroatoms. The summed E-state index contributed by atoms with van der Waals surface area (Å²) < 4.78 is 26.5. The van der Waals surface area contributed by atoms with Crippen molar-refractivity contribution in [1.29, 1.82) is 0 Å². The van der Waals surface area contributed by atoms with E-state index in [0.717, 1.165) is 54.5 Å². The van der Waals surface area contributed by atoms with Crippen LogP contribution >= 0.6 is 0 Å². The summed E-state index contributed by atoms with van der Waals surface area (Å²) in [7, 11) is 0. The molecule has 1 aromatic heterocycles. The van der Waals surface area contributed by atoms with Gasteiger partial charge in [-0.2, -0.15) is 0 Å². The van der Waals surface area contributed by atoms with Gasteiger partial charge in [-0.1, -0.05) is 64.9 Å². The van der Waals surface area contributed by atoms with Gasteiger partial charge in [-0.15, -0.1) is 0 Å². The van der Waals surface area contributed by atoms with E-state index in [0.29, 0.717) is 31.3 Å². The summed E-state index contributed by atoms with van der Waals surface area (Å²) in [6.45, 7) is 5.66. The summed E-state index contributed by atoms with van der Waals surface area (Å²) in [5, 5.41) is 0. The largest absolute Gasteiger partial charge is 0.491 e. The first-order valence-corrected chi connectivity index (χ1v) is 11.8. The Morgan fingerprint density at radius 1 is 0.767 bits per heavy atom. The third-order valence-corrected chi connectivity index (χ3v) is 5.81. The molecule has 0 atom stereocenters. The molecular weight excluding hydrogens is 377 g/mol. The summed E-state index contributed by atoms with van der Waals surface area (Å²) >= 11 is 0. The summed E-state index contributed by atoms with van der Waals surface area (Å²) in [5.41, 5.74) is 3.70. The number of benzene rings is 1. The predicted molar refractivity (Wildman–Crippen MR) is 121 cm³/mol. The van der Waals surface area contributed by atoms with Crippen LogP contribution in [0.4, 0.5) is 4.39 Å². The highest BCUT2D eigenvalue weighted by Gasteiger charge is 2.23. The van der Waals surface area contributed by atoms with Crippen molar-refractivity contribution in [2.45, 2.75) is 84.5 Å². The Labute approximate surface area is 181 Å². The lowest BCUT2D eigenvalue weighted by molar-refractivity contribution is 0.290. The Hall–Kier alpha value is -2.10. The van der Waals surface area contributed by atoms with Gasteiger partial charge in [-0.25, -0.2) is 9.37 Å². The van der Waals surface area contributed by atoms with Crippen LogP contribution in [0.3, 0.4) is 0 Å². The van der Waals surface area contributed by atoms with E-state index >= 15 is 0 Å². The molecule has 1 aliphatic carbocycles. The molecule has 0 unspecified atom stereocenters. The van der Waals surface area contributed by atoms with E-state index in [1.165, 1.54) is 32.1 Å². The van der Waals surface area contributed by atoms with Crippen molar-refractivity contribution in [1.82, 2.24) is 4.98 Å². The van der Waals surface area contributed by atoms with Gasteiger partial charge < -0.3 is 9.47 Å². The number of ether oxygens (including phenoxy) is 2. The van der Waals surface area contributed by atoms with E-state index in [-0.39, 0.29) is 5.82 Å². The van der Waals surface area contributed by atoms with E-state index in [4.69, 9.17) is 14.5 Å². The average molecular weight is 414 g/mol. The highest BCUT2D eigenvalue weighted by molar-refractivity contribution is 5.73. The maximum absolute atomic E-state index is 15.0. The molecule has 0 radical (unpaired) electrons. The van der Waals surface area contributed by atoms with Gasteiger partial charge in [0.2, 0.25) is 5.88 Å². The Morgan fingerprint density at radius 3 is 2.27 bits per heavy atom. The fourth-order valence-electron chi connectivity index (χ4n) is 4.04. The van der Waals surface area contributed by atoms with Gasteiger partial charge in [0.15, 0.2) is 11.6 Å². The van der Waals surface area contributed by atoms with Gasteiger partial charge >= 0.3 is 0 Å². The Kier molecular flexibility index (Phi) is 8.98. The van der Waals surface area contributed by atoms with Gasteiger partial charge in [0.05, 0.1) is 18.9 Å². The Morgan fingerprint density at radius 2 is 1.43 bits per heavy atom. The second kappa shape index (κ2) is 11.9. The molecule has 1 aliphatic rings. The Balaban J connectivity index is 1.59. The van der Waals surface area contributed by atoms with Gasteiger partial charge in [0.1, 0.15) is 0 Å². The summed E-state index contributed by atoms with van der Waals surface area (Å²) in [6.07, 6.45) is 12.0. The highest BCUT2D eigenvalue weighted by Crippen LogP contribution is 2.38. The van der Waals surface area contributed by atoms with Crippen molar-refractivity contribution in [3.63, 3.8) is 0 Å². The maximum Gasteiger partial charge on any atom is 0.213 e. The molecule has 0 amide bonds. The van der Waals surface area contributed by atoms with Gasteiger partial charge in [0.25, 0.3) is 0 Å². The molecule has 0 fully saturated rings. The number of rotatable bonds is 13. The molecule has 164 valence electrons. The van der Waals surface area contributed by atoms with Crippen LogP contribution in [0.5, 0.6) is 11.6 Å². The van der Waals surface area contributed by atoms with Gasteiger partial charge in [-0.3, -0.25) is 0 Å². The predicted octanol–water partition coefficient (Wildman–Crippen LogP) is 7.29. The van der Waals surface area contributed by atoms with Crippen molar-refractivity contribution in [2.24, 2.45) is 0 Å². The molecule has 3 rings (SSSR count). The van der Waals surface area contributed by atoms with Crippen molar-refractivity contribution < 1.29 is 13.9 Å². The number of halogens is 1. The average Bonchev–Trinajstić information content (AvgIpc) is 2.77. The number of unbranched alkanes of at least 4 members (excludes halogenated alkanes) is 7. The number of aryl methyl sites for hydroxylation is 1. The molecule has 0 N–H and O–H groups in total. The van der Waals surface area contributed by atoms with E-state index in [1.807, 2.05) is 18.2 Å². The van der Waals surface area contributed by atoms with Crippen LogP contribution in [-0.4, -0.2) is 18.2 Å². The maximum atomic E-state index is 15.0. The molecular formula is C26H36FNO2. The van der Waals surface area contributed by atoms with Crippen LogP contribution in [0.25, 0.3) is 11.1 Å². The molecule has 1 heterocycles. The molecule has 3 nitrogen and oxygen atoms in total. The van der Waals surface area contributed by atoms with Crippen LogP contribution in [0.1, 0.15) is 82.9 Å². The number of fused-ring (bicyclic) bond motifs is 3. The quantitative estimate of drug-likeness (QED) is 0.323. The summed E-state index contributed by atoms with van der Waals surface area (Å²) in [4.78, 5) is 4.71. The van der Waals surface area contributed by atoms with Crippen LogP contribution in [-0.2, 0) is 12.8 Å². The fraction of sp³-hybridized carbons (Fsp3) is 0.577. The monoisotopic (exact) mass is 413 g/mol. The zero-order chi connectivity index (χ0) is 21.2. The van der Waals surface area contributed by atoms with Gasteiger partial charge in [-0.05, 0) is 48.9 Å². The first kappa shape index (κ1) is 22.6. The number of hydrogen-bond donors (Lipinski definition) is 0. The van der Waals surface area contributed by atoms with E-state index in [2.05, 4.69) is 13.8 Å². The number of nitrogens with zero attached hydrogens (tertiary/aromatic N) is 1. The second-order valence-electron chi connectivity index (χ2n) is 8.22. The molecule has 1 aromatic carbocycles. The summed E-state index contributed by atoms with van der Waals surface area (Å²) in [5.74, 6) is 0.848. The minimum atomic E-state index is -0.210. The number of pyridine rings is 1. The minimum absolute atomic E-state index is 0.210. The topological polar surface area (TPSA) is 31.4 Å². The van der Waals surface area contributed by atoms with Crippen LogP contribution in [0.2, 0.25) is 0 Å². The molecule has 0 saturated heterocycles. The van der Waals surface area contributed by atoms with Crippen molar-refractivity contribution >= 4 is 0 Å². The van der Waals surface area contributed by atoms with Crippen LogP contribution in [0.15, 0.2) is 24.3 Å². The molecule has 0 bridgehead atoms. The molecule has 0 spiro atoms. The SMILES string of the molecule is CCCCCCCCOc1ccc2c(n1)CCc1c-2ccc(OCCCCC)c1F. The molecule has 30 heavy (non-hydrogen) atoms. The zero-order valence-electron chi connectivity index (χ0n) is 18.6. The van der Waals surface area contributed by atoms with Crippen molar-refractivity contribution in [2.75, 3.05) is 13.2 Å². The number of hydrogen-bond acceptors (Lipinski definition) is 3. The van der Waals surface area contributed by atoms with E-state index in [9.17, 15) is 4.39 Å². The lowest BCUT2D eigenvalue weighted by atomic mass is 9.88. The first-order valence-electron chi connectivity index (χ1n) is 11.8. The van der Waals surface area contributed by atoms with Crippen molar-refractivity contribution in [3.8, 4) is 22.8 Å². The number of aromatic nitrogens is 1. The molecule has 0 aliphatic heterocycles. The standard InChI is InChI=1S/C26H36FNO2/c1-3-5-7-8-9-11-19-30-25-17-14-21-20-13-16-24(29-18-10-6-4-2)26(27)22(20)12-15-23(21)28-25/h13-14,16-17H,3-12,15,18-19H2,1-2H3. The zero-order valence-corrected chi connectivity index (χ0v) is 18.6. The highest BCUT2D eigenvalue weighted by atomic mass is 19.1. The van der Waals surface area contributed by atoms with Crippen molar-refractivity contribution in [3.05, 3.63) is 41.3 Å². The first-order chi connectivity index (χ1) is 14.7. The minimum Gasteiger partial charge on any atom is -0.491 e. The smallest absolute Gasteiger partial charge is 0.213 e. The lowest BCUT2D eigenvalue weighted by Crippen LogP contribution is -2.11. The Bertz CT molecular complexity index is 806. The third-order valence-electron chi connectivity index (χ3n) is 5.81. The van der Waals surface area contributed by atoms with E-state index in [1.54, 1.807) is 6.07 Å². The van der Waals surface area contributed by atoms with E-state index < -0.39 is 0 Å². The molecule has 0 saturated carbocycles. The fourth-order valence-corrected chi connectivity index (χ4v) is 4.04. The molecule has 2 aromatic rings. The van der Waals surface area contributed by atoms with Gasteiger partial charge in [0, 0.05) is 11.6 Å².